The third kappa shape index (κ3) is 3.69. The van der Waals surface area contributed by atoms with E-state index in [1.165, 1.54) is 0 Å². The third-order valence-corrected chi connectivity index (χ3v) is 4.82. The second-order valence-electron chi connectivity index (χ2n) is 4.98. The Morgan fingerprint density at radius 2 is 1.70 bits per heavy atom. The summed E-state index contributed by atoms with van der Waals surface area (Å²) < 4.78 is 11.4. The van der Waals surface area contributed by atoms with Crippen molar-refractivity contribution in [3.63, 3.8) is 0 Å². The first-order chi connectivity index (χ1) is 9.27. The van der Waals surface area contributed by atoms with Gasteiger partial charge in [0.15, 0.2) is 0 Å². The molecule has 0 amide bonds. The lowest BCUT2D eigenvalue weighted by molar-refractivity contribution is -0.150. The Morgan fingerprint density at radius 1 is 1.20 bits per heavy atom. The van der Waals surface area contributed by atoms with Crippen molar-refractivity contribution >= 4 is 13.6 Å². The van der Waals surface area contributed by atoms with Crippen molar-refractivity contribution in [2.75, 3.05) is 6.16 Å². The standard InChI is InChI=1S/C14H21O5P/c1-3-14(4-2,13(15)16)12(10-20(17,18)19)11-8-6-5-7-9-11/h5-9,12H,3-4,10H2,1-2H3,(H,15,16)(H2,17,18,19). The van der Waals surface area contributed by atoms with E-state index in [4.69, 9.17) is 0 Å². The first kappa shape index (κ1) is 16.9. The summed E-state index contributed by atoms with van der Waals surface area (Å²) >= 11 is 0. The number of benzene rings is 1. The van der Waals surface area contributed by atoms with E-state index < -0.39 is 31.1 Å². The van der Waals surface area contributed by atoms with Crippen molar-refractivity contribution in [3.8, 4) is 0 Å². The summed E-state index contributed by atoms with van der Waals surface area (Å²) in [4.78, 5) is 30.3. The van der Waals surface area contributed by atoms with Gasteiger partial charge >= 0.3 is 13.6 Å². The molecule has 0 saturated heterocycles. The van der Waals surface area contributed by atoms with Gasteiger partial charge in [-0.2, -0.15) is 0 Å². The Hall–Kier alpha value is -1.16. The van der Waals surface area contributed by atoms with E-state index >= 15 is 0 Å². The first-order valence-corrected chi connectivity index (χ1v) is 8.39. The minimum atomic E-state index is -4.31. The Balaban J connectivity index is 3.36. The highest BCUT2D eigenvalue weighted by Gasteiger charge is 2.46. The fourth-order valence-corrected chi connectivity index (χ4v) is 3.75. The van der Waals surface area contributed by atoms with Crippen LogP contribution >= 0.6 is 7.60 Å². The zero-order chi connectivity index (χ0) is 15.4. The summed E-state index contributed by atoms with van der Waals surface area (Å²) in [6.45, 7) is 3.49. The van der Waals surface area contributed by atoms with E-state index in [0.29, 0.717) is 18.4 Å². The predicted molar refractivity (Wildman–Crippen MR) is 76.7 cm³/mol. The van der Waals surface area contributed by atoms with Crippen LogP contribution in [-0.2, 0) is 9.36 Å². The summed E-state index contributed by atoms with van der Waals surface area (Å²) in [7, 11) is -4.31. The van der Waals surface area contributed by atoms with Gasteiger partial charge in [-0.1, -0.05) is 44.2 Å². The highest BCUT2D eigenvalue weighted by atomic mass is 31.2. The van der Waals surface area contributed by atoms with Gasteiger partial charge in [0.25, 0.3) is 0 Å². The molecular weight excluding hydrogens is 279 g/mol. The predicted octanol–water partition coefficient (Wildman–Crippen LogP) is 2.84. The lowest BCUT2D eigenvalue weighted by Gasteiger charge is -2.36. The largest absolute Gasteiger partial charge is 0.481 e. The SMILES string of the molecule is CCC(CC)(C(=O)O)C(CP(=O)(O)O)c1ccccc1. The van der Waals surface area contributed by atoms with Crippen LogP contribution in [0.15, 0.2) is 30.3 Å². The van der Waals surface area contributed by atoms with Gasteiger partial charge in [-0.15, -0.1) is 0 Å². The molecule has 1 aromatic rings. The molecule has 6 heteroatoms. The van der Waals surface area contributed by atoms with E-state index in [2.05, 4.69) is 0 Å². The molecule has 0 bridgehead atoms. The van der Waals surface area contributed by atoms with Crippen LogP contribution in [0.2, 0.25) is 0 Å². The Kier molecular flexibility index (Phi) is 5.51. The Bertz CT molecular complexity index is 490. The van der Waals surface area contributed by atoms with Crippen LogP contribution in [0.5, 0.6) is 0 Å². The summed E-state index contributed by atoms with van der Waals surface area (Å²) in [5, 5.41) is 9.60. The molecule has 0 aliphatic carbocycles. The van der Waals surface area contributed by atoms with Gasteiger partial charge in [0.05, 0.1) is 11.6 Å². The van der Waals surface area contributed by atoms with Crippen LogP contribution in [0.3, 0.4) is 0 Å². The van der Waals surface area contributed by atoms with E-state index in [-0.39, 0.29) is 0 Å². The number of carboxylic acid groups (broad SMARTS) is 1. The monoisotopic (exact) mass is 300 g/mol. The molecule has 1 aromatic carbocycles. The summed E-state index contributed by atoms with van der Waals surface area (Å²) in [5.74, 6) is -1.72. The maximum Gasteiger partial charge on any atom is 0.326 e. The molecule has 5 nitrogen and oxygen atoms in total. The molecule has 0 fully saturated rings. The van der Waals surface area contributed by atoms with Crippen LogP contribution in [0, 0.1) is 5.41 Å². The Labute approximate surface area is 118 Å². The van der Waals surface area contributed by atoms with E-state index in [1.807, 2.05) is 0 Å². The van der Waals surface area contributed by atoms with Gasteiger partial charge in [0.2, 0.25) is 0 Å². The number of hydrogen-bond acceptors (Lipinski definition) is 2. The molecule has 0 aliphatic heterocycles. The average molecular weight is 300 g/mol. The third-order valence-electron chi connectivity index (χ3n) is 3.98. The van der Waals surface area contributed by atoms with Gasteiger partial charge in [-0.3, -0.25) is 9.36 Å². The molecule has 0 spiro atoms. The number of carbonyl (C=O) groups is 1. The fraction of sp³-hybridized carbons (Fsp3) is 0.500. The number of hydrogen-bond donors (Lipinski definition) is 3. The second kappa shape index (κ2) is 6.53. The maximum absolute atomic E-state index is 11.7. The molecular formula is C14H21O5P. The minimum absolute atomic E-state index is 0.318. The van der Waals surface area contributed by atoms with Crippen molar-refractivity contribution in [1.29, 1.82) is 0 Å². The van der Waals surface area contributed by atoms with E-state index in [1.54, 1.807) is 44.2 Å². The zero-order valence-corrected chi connectivity index (χ0v) is 12.6. The van der Waals surface area contributed by atoms with Crippen LogP contribution in [0.1, 0.15) is 38.2 Å². The molecule has 3 N–H and O–H groups in total. The number of aliphatic carboxylic acids is 1. The Morgan fingerprint density at radius 3 is 2.05 bits per heavy atom. The highest BCUT2D eigenvalue weighted by Crippen LogP contribution is 2.50. The summed E-state index contributed by atoms with van der Waals surface area (Å²) in [5.41, 5.74) is -0.510. The summed E-state index contributed by atoms with van der Waals surface area (Å²) in [6, 6.07) is 8.74. The second-order valence-corrected chi connectivity index (χ2v) is 6.67. The van der Waals surface area contributed by atoms with Crippen LogP contribution in [-0.4, -0.2) is 27.0 Å². The van der Waals surface area contributed by atoms with Crippen molar-refractivity contribution < 1.29 is 24.3 Å². The van der Waals surface area contributed by atoms with E-state index in [0.717, 1.165) is 0 Å². The lowest BCUT2D eigenvalue weighted by Crippen LogP contribution is -2.38. The topological polar surface area (TPSA) is 94.8 Å². The van der Waals surface area contributed by atoms with Crippen molar-refractivity contribution in [2.45, 2.75) is 32.6 Å². The smallest absolute Gasteiger partial charge is 0.326 e. The van der Waals surface area contributed by atoms with Crippen LogP contribution in [0.4, 0.5) is 0 Å². The van der Waals surface area contributed by atoms with Gasteiger partial charge in [-0.05, 0) is 18.4 Å². The average Bonchev–Trinajstić information content (AvgIpc) is 2.39. The van der Waals surface area contributed by atoms with Gasteiger partial charge in [0.1, 0.15) is 0 Å². The molecule has 112 valence electrons. The van der Waals surface area contributed by atoms with E-state index in [9.17, 15) is 24.3 Å². The zero-order valence-electron chi connectivity index (χ0n) is 11.7. The molecule has 20 heavy (non-hydrogen) atoms. The van der Waals surface area contributed by atoms with Gasteiger partial charge < -0.3 is 14.9 Å². The molecule has 0 aliphatic rings. The highest BCUT2D eigenvalue weighted by molar-refractivity contribution is 7.51. The summed E-state index contributed by atoms with van der Waals surface area (Å²) in [6.07, 6.45) is 0.182. The molecule has 0 radical (unpaired) electrons. The molecule has 1 atom stereocenters. The van der Waals surface area contributed by atoms with Crippen LogP contribution < -0.4 is 0 Å². The molecule has 1 rings (SSSR count). The lowest BCUT2D eigenvalue weighted by atomic mass is 9.69. The molecule has 0 aromatic heterocycles. The van der Waals surface area contributed by atoms with Gasteiger partial charge in [0, 0.05) is 5.92 Å². The fourth-order valence-electron chi connectivity index (χ4n) is 2.72. The van der Waals surface area contributed by atoms with Crippen molar-refractivity contribution in [1.82, 2.24) is 0 Å². The molecule has 1 unspecified atom stereocenters. The molecule has 0 saturated carbocycles. The number of carboxylic acids is 1. The van der Waals surface area contributed by atoms with Crippen molar-refractivity contribution in [2.24, 2.45) is 5.41 Å². The van der Waals surface area contributed by atoms with Gasteiger partial charge in [-0.25, -0.2) is 0 Å². The normalized spacial score (nSPS) is 14.0. The maximum atomic E-state index is 11.7. The number of rotatable bonds is 7. The van der Waals surface area contributed by atoms with Crippen LogP contribution in [0.25, 0.3) is 0 Å². The first-order valence-electron chi connectivity index (χ1n) is 6.59. The quantitative estimate of drug-likeness (QED) is 0.673. The van der Waals surface area contributed by atoms with Crippen molar-refractivity contribution in [3.05, 3.63) is 35.9 Å². The minimum Gasteiger partial charge on any atom is -0.481 e. The molecule has 0 heterocycles.